The van der Waals surface area contributed by atoms with Crippen LogP contribution < -0.4 is 14.2 Å². The van der Waals surface area contributed by atoms with E-state index in [2.05, 4.69) is 0 Å². The molecule has 4 aromatic carbocycles. The van der Waals surface area contributed by atoms with Crippen LogP contribution in [-0.2, 0) is 38.0 Å². The number of methoxy groups -OCH3 is 1. The normalized spacial score (nSPS) is 29.6. The molecule has 3 aliphatic rings. The first-order valence-corrected chi connectivity index (χ1v) is 23.6. The van der Waals surface area contributed by atoms with E-state index in [1.165, 1.54) is 92.1 Å². The number of phenolic OH excluding ortho intramolecular Hbond substituents is 4. The van der Waals surface area contributed by atoms with Crippen LogP contribution in [0.2, 0.25) is 0 Å². The van der Waals surface area contributed by atoms with Crippen molar-refractivity contribution in [3.05, 3.63) is 108 Å². The summed E-state index contributed by atoms with van der Waals surface area (Å²) in [5, 5.41) is 139. The van der Waals surface area contributed by atoms with Crippen LogP contribution in [0, 0.1) is 0 Å². The van der Waals surface area contributed by atoms with Gasteiger partial charge < -0.3 is 109 Å². The molecule has 0 unspecified atom stereocenters. The minimum Gasteiger partial charge on any atom is -0.508 e. The van der Waals surface area contributed by atoms with E-state index in [9.17, 15) is 76.0 Å². The summed E-state index contributed by atoms with van der Waals surface area (Å²) in [4.78, 5) is 25.7. The molecule has 3 fully saturated rings. The zero-order chi connectivity index (χ0) is 55.2. The van der Waals surface area contributed by atoms with Crippen molar-refractivity contribution in [3.8, 4) is 51.6 Å². The van der Waals surface area contributed by atoms with E-state index in [-0.39, 0.29) is 56.8 Å². The summed E-state index contributed by atoms with van der Waals surface area (Å²) in [6.07, 6.45) is -23.3. The first-order chi connectivity index (χ1) is 36.8. The summed E-state index contributed by atoms with van der Waals surface area (Å²) in [7, 11) is 1.33. The SMILES string of the molecule is COc1cc(/C=C/C(=O)OC[C@H]2O[C@@H](Oc3cc4c(O[C@@H]5O[C@H](CO)[C@@H](O)[C@H](O)[C@H]5O)cc(O)cc4[o+]c3-c3ccc(O)cc3)[C@H](O[C@@H]3O[C@H](COC(=O)/C=C/c4ccc(O)cc4)[C@@H](O)[C@H](O)[C@H]3O)[C@@H](O)[C@@H]2O)ccc1O. The number of aliphatic hydroxyl groups excluding tert-OH is 9. The summed E-state index contributed by atoms with van der Waals surface area (Å²) in [5.74, 6) is -3.39. The number of benzene rings is 4. The highest BCUT2D eigenvalue weighted by molar-refractivity contribution is 5.89. The average Bonchev–Trinajstić information content (AvgIpc) is 3.46. The Morgan fingerprint density at radius 3 is 1.70 bits per heavy atom. The molecule has 0 bridgehead atoms. The lowest BCUT2D eigenvalue weighted by Crippen LogP contribution is -2.65. The molecule has 13 N–H and O–H groups in total. The number of aromatic hydroxyl groups is 4. The lowest BCUT2D eigenvalue weighted by atomic mass is 9.97. The number of carbonyl (C=O) groups excluding carboxylic acids is 2. The van der Waals surface area contributed by atoms with Gasteiger partial charge in [-0.05, 0) is 71.8 Å². The third-order valence-corrected chi connectivity index (χ3v) is 12.6. The maximum Gasteiger partial charge on any atom is 0.402 e. The molecule has 77 heavy (non-hydrogen) atoms. The zero-order valence-corrected chi connectivity index (χ0v) is 40.4. The molecule has 3 aliphatic heterocycles. The van der Waals surface area contributed by atoms with Gasteiger partial charge in [0.05, 0.1) is 25.3 Å². The molecule has 1 aromatic heterocycles. The zero-order valence-electron chi connectivity index (χ0n) is 40.4. The van der Waals surface area contributed by atoms with Crippen molar-refractivity contribution < 1.29 is 123 Å². The summed E-state index contributed by atoms with van der Waals surface area (Å²) in [6.45, 7) is -2.29. The van der Waals surface area contributed by atoms with Crippen molar-refractivity contribution in [3.63, 3.8) is 0 Å². The number of phenols is 4. The van der Waals surface area contributed by atoms with Crippen molar-refractivity contribution in [2.45, 2.75) is 92.1 Å². The number of hydrogen-bond acceptors (Lipinski definition) is 24. The first-order valence-electron chi connectivity index (χ1n) is 23.6. The Balaban J connectivity index is 1.12. The van der Waals surface area contributed by atoms with Gasteiger partial charge in [-0.1, -0.05) is 18.2 Å². The quantitative estimate of drug-likeness (QED) is 0.0329. The highest BCUT2D eigenvalue weighted by atomic mass is 16.8. The Morgan fingerprint density at radius 2 is 1.08 bits per heavy atom. The molecule has 25 nitrogen and oxygen atoms in total. The fraction of sp³-hybridized carbons (Fsp3) is 0.365. The smallest absolute Gasteiger partial charge is 0.402 e. The lowest BCUT2D eigenvalue weighted by molar-refractivity contribution is -0.358. The van der Waals surface area contributed by atoms with Crippen LogP contribution in [0.15, 0.2) is 101 Å². The van der Waals surface area contributed by atoms with Gasteiger partial charge in [0.15, 0.2) is 23.9 Å². The maximum absolute atomic E-state index is 13.0. The van der Waals surface area contributed by atoms with Gasteiger partial charge in [0, 0.05) is 24.3 Å². The van der Waals surface area contributed by atoms with Gasteiger partial charge in [0.25, 0.3) is 0 Å². The van der Waals surface area contributed by atoms with Crippen molar-refractivity contribution in [1.29, 1.82) is 0 Å². The third kappa shape index (κ3) is 13.0. The van der Waals surface area contributed by atoms with Gasteiger partial charge in [-0.25, -0.2) is 14.0 Å². The van der Waals surface area contributed by atoms with Gasteiger partial charge in [-0.15, -0.1) is 0 Å². The fourth-order valence-electron chi connectivity index (χ4n) is 8.33. The van der Waals surface area contributed by atoms with Gasteiger partial charge in [0.2, 0.25) is 18.3 Å². The number of rotatable bonds is 17. The Labute approximate surface area is 435 Å². The predicted molar refractivity (Wildman–Crippen MR) is 259 cm³/mol. The number of aliphatic hydroxyl groups is 9. The Hall–Kier alpha value is -7.21. The van der Waals surface area contributed by atoms with E-state index in [4.69, 9.17) is 47.0 Å². The minimum absolute atomic E-state index is 0.00791. The number of hydrogen-bond donors (Lipinski definition) is 13. The van der Waals surface area contributed by atoms with Gasteiger partial charge in [0.1, 0.15) is 109 Å². The molecule has 0 saturated carbocycles. The largest absolute Gasteiger partial charge is 0.508 e. The standard InChI is InChI=1S/C52H54O25/c1-68-33-16-24(4-13-30(33)57)6-15-39(59)70-22-37-42(62)45(65)49(77-51-47(67)44(64)41(61)36(75-51)21-69-38(58)14-5-23-2-9-26(54)10-3-23)52(76-37)73-34-19-29-31(71-48(34)25-7-11-27(55)12-8-25)17-28(56)18-32(29)72-50-46(66)43(63)40(60)35(20-53)74-50/h2-19,35-37,40-47,49-53,60-67H,20-22H2,1H3,(H3-,54,55,56,57,58,59)/p+1/t35-,36-,37-,40-,41-,42-,43+,44+,45+,46-,47-,49-,50-,51+,52-/m1/s1. The van der Waals surface area contributed by atoms with Crippen LogP contribution in [-0.4, -0.2) is 197 Å². The molecule has 15 atom stereocenters. The highest BCUT2D eigenvalue weighted by Crippen LogP contribution is 2.43. The van der Waals surface area contributed by atoms with Crippen LogP contribution in [0.4, 0.5) is 0 Å². The van der Waals surface area contributed by atoms with Crippen LogP contribution in [0.5, 0.6) is 40.2 Å². The summed E-state index contributed by atoms with van der Waals surface area (Å²) >= 11 is 0. The van der Waals surface area contributed by atoms with Crippen molar-refractivity contribution >= 4 is 35.1 Å². The molecule has 8 rings (SSSR count). The lowest BCUT2D eigenvalue weighted by Gasteiger charge is -2.45. The average molecular weight is 1080 g/mol. The molecule has 0 aliphatic carbocycles. The predicted octanol–water partition coefficient (Wildman–Crippen LogP) is -0.0779. The van der Waals surface area contributed by atoms with E-state index in [0.29, 0.717) is 11.1 Å². The first kappa shape index (κ1) is 56.0. The third-order valence-electron chi connectivity index (χ3n) is 12.6. The van der Waals surface area contributed by atoms with E-state index < -0.39 is 130 Å². The topological polar surface area (TPSA) is 392 Å². The van der Waals surface area contributed by atoms with Crippen LogP contribution in [0.3, 0.4) is 0 Å². The number of fused-ring (bicyclic) bond motifs is 1. The molecule has 5 aromatic rings. The molecular weight excluding hydrogens is 1020 g/mol. The van der Waals surface area contributed by atoms with E-state index >= 15 is 0 Å². The van der Waals surface area contributed by atoms with Crippen LogP contribution in [0.1, 0.15) is 11.1 Å². The second-order valence-electron chi connectivity index (χ2n) is 17.9. The van der Waals surface area contributed by atoms with Gasteiger partial charge in [-0.3, -0.25) is 0 Å². The summed E-state index contributed by atoms with van der Waals surface area (Å²) < 4.78 is 58.0. The Kier molecular flexibility index (Phi) is 17.8. The Morgan fingerprint density at radius 1 is 0.545 bits per heavy atom. The van der Waals surface area contributed by atoms with Gasteiger partial charge >= 0.3 is 23.3 Å². The molecular formula is C52H55O25+. The van der Waals surface area contributed by atoms with E-state index in [1.807, 2.05) is 0 Å². The number of ether oxygens (including phenoxy) is 9. The summed E-state index contributed by atoms with van der Waals surface area (Å²) in [6, 6.07) is 18.9. The van der Waals surface area contributed by atoms with Gasteiger partial charge in [-0.2, -0.15) is 0 Å². The highest BCUT2D eigenvalue weighted by Gasteiger charge is 2.53. The van der Waals surface area contributed by atoms with Crippen molar-refractivity contribution in [2.75, 3.05) is 26.9 Å². The fourth-order valence-corrected chi connectivity index (χ4v) is 8.33. The molecule has 0 spiro atoms. The molecule has 412 valence electrons. The molecule has 25 heteroatoms. The monoisotopic (exact) mass is 1080 g/mol. The maximum atomic E-state index is 13.0. The molecule has 0 radical (unpaired) electrons. The summed E-state index contributed by atoms with van der Waals surface area (Å²) in [5.41, 5.74) is 0.996. The number of carbonyl (C=O) groups is 2. The van der Waals surface area contributed by atoms with Crippen LogP contribution in [0.25, 0.3) is 34.4 Å². The van der Waals surface area contributed by atoms with Crippen molar-refractivity contribution in [1.82, 2.24) is 0 Å². The Bertz CT molecular complexity index is 2890. The molecule has 4 heterocycles. The minimum atomic E-state index is -2.12. The molecule has 3 saturated heterocycles. The molecule has 0 amide bonds. The van der Waals surface area contributed by atoms with E-state index in [0.717, 1.165) is 24.3 Å². The van der Waals surface area contributed by atoms with Crippen LogP contribution >= 0.6 is 0 Å². The second kappa shape index (κ2) is 24.4. The van der Waals surface area contributed by atoms with E-state index in [1.54, 1.807) is 0 Å². The second-order valence-corrected chi connectivity index (χ2v) is 17.9. The number of esters is 2. The van der Waals surface area contributed by atoms with Crippen molar-refractivity contribution in [2.24, 2.45) is 0 Å².